The summed E-state index contributed by atoms with van der Waals surface area (Å²) in [5.41, 5.74) is 8.75. The number of anilines is 1. The molecule has 8 nitrogen and oxygen atoms in total. The van der Waals surface area contributed by atoms with Gasteiger partial charge in [-0.3, -0.25) is 4.57 Å². The monoisotopic (exact) mass is 492 g/mol. The quantitative estimate of drug-likeness (QED) is 0.486. The van der Waals surface area contributed by atoms with Crippen molar-refractivity contribution in [2.45, 2.75) is 57.2 Å². The summed E-state index contributed by atoms with van der Waals surface area (Å²) in [7, 11) is -3.81. The Morgan fingerprint density at radius 3 is 2.40 bits per heavy atom. The van der Waals surface area contributed by atoms with Crippen LogP contribution in [0.2, 0.25) is 0 Å². The van der Waals surface area contributed by atoms with Gasteiger partial charge in [-0.15, -0.1) is 0 Å². The molecular formula is C26H29N4O4P. The maximum atomic E-state index is 12.7. The Hall–Kier alpha value is -3.06. The Balaban J connectivity index is 1.26. The van der Waals surface area contributed by atoms with Gasteiger partial charge in [0.05, 0.1) is 17.1 Å². The van der Waals surface area contributed by atoms with Gasteiger partial charge in [0.25, 0.3) is 0 Å². The Morgan fingerprint density at radius 2 is 1.71 bits per heavy atom. The fourth-order valence-corrected chi connectivity index (χ4v) is 6.08. The highest BCUT2D eigenvalue weighted by molar-refractivity contribution is 7.61. The van der Waals surface area contributed by atoms with Gasteiger partial charge < -0.3 is 19.9 Å². The summed E-state index contributed by atoms with van der Waals surface area (Å²) in [4.78, 5) is 23.3. The van der Waals surface area contributed by atoms with Crippen LogP contribution >= 0.6 is 7.60 Å². The normalized spacial score (nSPS) is 22.9. The minimum absolute atomic E-state index is 0.219. The number of nitrogens with two attached hydrogens (primary N) is 1. The van der Waals surface area contributed by atoms with Gasteiger partial charge in [0.1, 0.15) is 11.9 Å². The highest BCUT2D eigenvalue weighted by atomic mass is 31.2. The summed E-state index contributed by atoms with van der Waals surface area (Å²) < 4.78 is 24.4. The van der Waals surface area contributed by atoms with Crippen LogP contribution < -0.4 is 15.8 Å². The Bertz CT molecular complexity index is 1290. The summed E-state index contributed by atoms with van der Waals surface area (Å²) in [5.74, 6) is 1.06. The molecule has 5 rings (SSSR count). The summed E-state index contributed by atoms with van der Waals surface area (Å²) in [6.07, 6.45) is 4.44. The topological polar surface area (TPSA) is 120 Å². The van der Waals surface area contributed by atoms with E-state index in [-0.39, 0.29) is 6.10 Å². The second-order valence-electron chi connectivity index (χ2n) is 9.54. The third-order valence-electron chi connectivity index (χ3n) is 6.67. The van der Waals surface area contributed by atoms with E-state index in [1.54, 1.807) is 24.3 Å². The summed E-state index contributed by atoms with van der Waals surface area (Å²) in [5, 5.41) is 0.339. The van der Waals surface area contributed by atoms with E-state index in [4.69, 9.17) is 20.0 Å². The van der Waals surface area contributed by atoms with E-state index in [1.807, 2.05) is 19.9 Å². The maximum Gasteiger partial charge on any atom is 0.359 e. The minimum atomic E-state index is -3.81. The summed E-state index contributed by atoms with van der Waals surface area (Å²) in [6.45, 7) is 3.91. The summed E-state index contributed by atoms with van der Waals surface area (Å²) in [6, 6.07) is 17.0. The van der Waals surface area contributed by atoms with Crippen molar-refractivity contribution >= 4 is 30.1 Å². The van der Waals surface area contributed by atoms with Gasteiger partial charge in [-0.2, -0.15) is 4.98 Å². The van der Waals surface area contributed by atoms with Crippen LogP contribution in [0.5, 0.6) is 5.88 Å². The zero-order valence-corrected chi connectivity index (χ0v) is 20.7. The molecule has 2 heterocycles. The van der Waals surface area contributed by atoms with E-state index < -0.39 is 13.2 Å². The molecule has 35 heavy (non-hydrogen) atoms. The lowest BCUT2D eigenvalue weighted by molar-refractivity contribution is 0.133. The van der Waals surface area contributed by atoms with Gasteiger partial charge in [0, 0.05) is 5.56 Å². The molecule has 1 saturated carbocycles. The van der Waals surface area contributed by atoms with Crippen LogP contribution in [0.4, 0.5) is 11.5 Å². The molecule has 1 fully saturated rings. The van der Waals surface area contributed by atoms with Gasteiger partial charge >= 0.3 is 7.60 Å². The molecule has 1 aromatic heterocycles. The fourth-order valence-electron chi connectivity index (χ4n) is 4.80. The first kappa shape index (κ1) is 23.7. The zero-order chi connectivity index (χ0) is 24.6. The molecule has 1 aliphatic carbocycles. The van der Waals surface area contributed by atoms with Crippen molar-refractivity contribution in [3.05, 3.63) is 72.1 Å². The van der Waals surface area contributed by atoms with Crippen molar-refractivity contribution in [2.75, 3.05) is 5.73 Å². The number of fused-ring (bicyclic) bond motifs is 1. The molecule has 9 heteroatoms. The van der Waals surface area contributed by atoms with Crippen LogP contribution in [0.25, 0.3) is 0 Å². The van der Waals surface area contributed by atoms with Crippen LogP contribution in [-0.2, 0) is 9.09 Å². The minimum Gasteiger partial charge on any atom is -0.463 e. The van der Waals surface area contributed by atoms with E-state index in [0.717, 1.165) is 37.0 Å². The van der Waals surface area contributed by atoms with Crippen molar-refractivity contribution in [1.29, 1.82) is 0 Å². The third kappa shape index (κ3) is 4.87. The number of benzene rings is 2. The molecule has 1 aliphatic heterocycles. The predicted octanol–water partition coefficient (Wildman–Crippen LogP) is 4.90. The van der Waals surface area contributed by atoms with Crippen molar-refractivity contribution in [3.8, 4) is 5.88 Å². The second-order valence-corrected chi connectivity index (χ2v) is 11.3. The van der Waals surface area contributed by atoms with Gasteiger partial charge in [-0.1, -0.05) is 42.5 Å². The molecule has 3 aromatic rings. The molecule has 0 saturated heterocycles. The van der Waals surface area contributed by atoms with Crippen molar-refractivity contribution in [2.24, 2.45) is 4.99 Å². The first-order chi connectivity index (χ1) is 16.7. The van der Waals surface area contributed by atoms with Gasteiger partial charge in [-0.05, 0) is 63.1 Å². The van der Waals surface area contributed by atoms with Crippen molar-refractivity contribution in [1.82, 2.24) is 9.97 Å². The van der Waals surface area contributed by atoms with Crippen molar-refractivity contribution in [3.63, 3.8) is 0 Å². The van der Waals surface area contributed by atoms with Crippen LogP contribution in [-0.4, -0.2) is 32.3 Å². The lowest BCUT2D eigenvalue weighted by atomic mass is 9.82. The van der Waals surface area contributed by atoms with E-state index in [1.165, 1.54) is 11.9 Å². The summed E-state index contributed by atoms with van der Waals surface area (Å²) >= 11 is 0. The zero-order valence-electron chi connectivity index (χ0n) is 19.8. The smallest absolute Gasteiger partial charge is 0.359 e. The molecule has 0 bridgehead atoms. The van der Waals surface area contributed by atoms with Crippen LogP contribution in [0.15, 0.2) is 65.9 Å². The lowest BCUT2D eigenvalue weighted by Gasteiger charge is -2.32. The molecule has 2 aliphatic rings. The molecule has 1 unspecified atom stereocenters. The van der Waals surface area contributed by atoms with Gasteiger partial charge in [0.15, 0.2) is 11.5 Å². The predicted molar refractivity (Wildman–Crippen MR) is 136 cm³/mol. The number of aromatic nitrogens is 2. The number of ether oxygens (including phenoxy) is 1. The number of hydrogen-bond acceptors (Lipinski definition) is 7. The third-order valence-corrected chi connectivity index (χ3v) is 8.20. The fraction of sp³-hybridized carbons (Fsp3) is 0.346. The van der Waals surface area contributed by atoms with E-state index >= 15 is 0 Å². The number of aliphatic imine (C=N–C) groups is 1. The molecule has 182 valence electrons. The maximum absolute atomic E-state index is 12.7. The van der Waals surface area contributed by atoms with E-state index in [2.05, 4.69) is 34.2 Å². The second kappa shape index (κ2) is 9.19. The molecule has 1 atom stereocenters. The van der Waals surface area contributed by atoms with Gasteiger partial charge in [0.2, 0.25) is 5.88 Å². The van der Waals surface area contributed by atoms with Crippen LogP contribution in [0.3, 0.4) is 0 Å². The first-order valence-electron chi connectivity index (χ1n) is 11.8. The standard InChI is InChI=1S/C26H29N4O4P/c1-26(2)23(30-22-24(27)28-16-29-25(22)33-26)19-10-8-17(9-11-19)18-12-14-20(15-13-18)34-35(31,32)21-6-4-3-5-7-21/h3-11,16,18,20H,12-15H2,1-2H3,(H,31,32)(H2,27,28,29)/t18-,20-. The Kier molecular flexibility index (Phi) is 6.21. The molecule has 0 amide bonds. The molecule has 0 radical (unpaired) electrons. The number of nitrogens with zero attached hydrogens (tertiary/aromatic N) is 3. The highest BCUT2D eigenvalue weighted by Crippen LogP contribution is 2.46. The Labute approximate surface area is 204 Å². The average molecular weight is 493 g/mol. The van der Waals surface area contributed by atoms with Crippen molar-refractivity contribution < 1.29 is 18.7 Å². The van der Waals surface area contributed by atoms with Crippen LogP contribution in [0, 0.1) is 0 Å². The number of nitrogen functional groups attached to an aromatic ring is 1. The van der Waals surface area contributed by atoms with E-state index in [9.17, 15) is 9.46 Å². The molecule has 0 spiro atoms. The lowest BCUT2D eigenvalue weighted by Crippen LogP contribution is -2.41. The Morgan fingerprint density at radius 1 is 1.03 bits per heavy atom. The molecule has 3 N–H and O–H groups in total. The van der Waals surface area contributed by atoms with E-state index in [0.29, 0.717) is 28.6 Å². The van der Waals surface area contributed by atoms with Gasteiger partial charge in [-0.25, -0.2) is 9.98 Å². The SMILES string of the molecule is CC1(C)Oc2ncnc(N)c2N=C1c1ccc([C@H]2CC[C@H](OP(=O)(O)c3ccccc3)CC2)cc1. The average Bonchev–Trinajstić information content (AvgIpc) is 2.84. The van der Waals surface area contributed by atoms with Crippen LogP contribution in [0.1, 0.15) is 56.6 Å². The molecule has 2 aromatic carbocycles. The highest BCUT2D eigenvalue weighted by Gasteiger charge is 2.35. The number of hydrogen-bond donors (Lipinski definition) is 2. The first-order valence-corrected chi connectivity index (χ1v) is 13.4. The largest absolute Gasteiger partial charge is 0.463 e. The molecular weight excluding hydrogens is 463 g/mol. The number of rotatable bonds is 5.